The average molecular weight is 288 g/mol. The van der Waals surface area contributed by atoms with Crippen molar-refractivity contribution >= 4 is 23.2 Å². The summed E-state index contributed by atoms with van der Waals surface area (Å²) in [4.78, 5) is 0. The third-order valence-corrected chi connectivity index (χ3v) is 3.01. The molecule has 0 amide bonds. The summed E-state index contributed by atoms with van der Waals surface area (Å²) in [5.41, 5.74) is 0.299. The van der Waals surface area contributed by atoms with Gasteiger partial charge in [0.15, 0.2) is 0 Å². The molecule has 0 aliphatic rings. The fourth-order valence-corrected chi connectivity index (χ4v) is 1.94. The summed E-state index contributed by atoms with van der Waals surface area (Å²) in [6, 6.07) is 4.47. The molecule has 0 aliphatic carbocycles. The molecule has 3 nitrogen and oxygen atoms in total. The first kappa shape index (κ1) is 13.3. The molecule has 96 valence electrons. The van der Waals surface area contributed by atoms with Crippen molar-refractivity contribution in [3.05, 3.63) is 40.1 Å². The third-order valence-electron chi connectivity index (χ3n) is 2.46. The van der Waals surface area contributed by atoms with Crippen molar-refractivity contribution in [1.29, 1.82) is 0 Å². The van der Waals surface area contributed by atoms with Crippen LogP contribution in [-0.4, -0.2) is 14.8 Å². The Balaban J connectivity index is 2.63. The number of nitrogens with zero attached hydrogens (tertiary/aromatic N) is 3. The molecule has 0 radical (unpaired) electrons. The molecule has 1 heterocycles. The van der Waals surface area contributed by atoms with Crippen LogP contribution in [0, 0.1) is 5.82 Å². The topological polar surface area (TPSA) is 30.7 Å². The number of hydrogen-bond donors (Lipinski definition) is 0. The van der Waals surface area contributed by atoms with Gasteiger partial charge in [0.1, 0.15) is 11.6 Å². The molecule has 0 bridgehead atoms. The zero-order chi connectivity index (χ0) is 13.5. The van der Waals surface area contributed by atoms with Crippen LogP contribution in [0.5, 0.6) is 0 Å². The van der Waals surface area contributed by atoms with Crippen LogP contribution in [0.1, 0.15) is 26.6 Å². The van der Waals surface area contributed by atoms with E-state index in [0.717, 1.165) is 0 Å². The Hall–Kier alpha value is -1.13. The maximum atomic E-state index is 13.5. The van der Waals surface area contributed by atoms with Crippen LogP contribution in [0.25, 0.3) is 5.69 Å². The summed E-state index contributed by atoms with van der Waals surface area (Å²) in [7, 11) is 0. The monoisotopic (exact) mass is 287 g/mol. The summed E-state index contributed by atoms with van der Waals surface area (Å²) in [6.45, 7) is 5.95. The Morgan fingerprint density at radius 2 is 1.83 bits per heavy atom. The standard InChI is InChI=1S/C12H12Cl2FN3/c1-12(2,3)10-16-17-11(14)18(10)7-4-5-8(13)9(15)6-7/h4-6H,1-3H3. The Kier molecular flexibility index (Phi) is 3.34. The lowest BCUT2D eigenvalue weighted by atomic mass is 9.95. The minimum atomic E-state index is -0.501. The van der Waals surface area contributed by atoms with Gasteiger partial charge in [0.2, 0.25) is 5.28 Å². The number of aromatic nitrogens is 3. The van der Waals surface area contributed by atoms with Gasteiger partial charge in [-0.1, -0.05) is 32.4 Å². The molecule has 6 heteroatoms. The number of rotatable bonds is 1. The van der Waals surface area contributed by atoms with E-state index in [-0.39, 0.29) is 15.7 Å². The Morgan fingerprint density at radius 3 is 2.39 bits per heavy atom. The van der Waals surface area contributed by atoms with Crippen molar-refractivity contribution in [3.8, 4) is 5.69 Å². The van der Waals surface area contributed by atoms with Gasteiger partial charge in [-0.2, -0.15) is 0 Å². The van der Waals surface area contributed by atoms with Crippen molar-refractivity contribution in [2.24, 2.45) is 0 Å². The van der Waals surface area contributed by atoms with Crippen molar-refractivity contribution in [1.82, 2.24) is 14.8 Å². The molecule has 0 saturated heterocycles. The van der Waals surface area contributed by atoms with E-state index in [1.54, 1.807) is 10.6 Å². The molecule has 0 spiro atoms. The molecule has 0 aliphatic heterocycles. The van der Waals surface area contributed by atoms with E-state index in [0.29, 0.717) is 11.5 Å². The second-order valence-electron chi connectivity index (χ2n) is 4.98. The fourth-order valence-electron chi connectivity index (χ4n) is 1.60. The van der Waals surface area contributed by atoms with Gasteiger partial charge < -0.3 is 0 Å². The van der Waals surface area contributed by atoms with Crippen molar-refractivity contribution in [3.63, 3.8) is 0 Å². The molecule has 0 unspecified atom stereocenters. The lowest BCUT2D eigenvalue weighted by Crippen LogP contribution is -2.18. The smallest absolute Gasteiger partial charge is 0.229 e. The molecule has 1 aromatic heterocycles. The second kappa shape index (κ2) is 4.52. The third kappa shape index (κ3) is 2.35. The number of benzene rings is 1. The van der Waals surface area contributed by atoms with Crippen LogP contribution < -0.4 is 0 Å². The summed E-state index contributed by atoms with van der Waals surface area (Å²) in [5.74, 6) is 0.160. The van der Waals surface area contributed by atoms with Crippen LogP contribution in [0.4, 0.5) is 4.39 Å². The molecular formula is C12H12Cl2FN3. The normalized spacial score (nSPS) is 11.9. The van der Waals surface area contributed by atoms with Crippen molar-refractivity contribution < 1.29 is 4.39 Å². The van der Waals surface area contributed by atoms with E-state index >= 15 is 0 Å². The highest BCUT2D eigenvalue weighted by atomic mass is 35.5. The molecule has 2 rings (SSSR count). The van der Waals surface area contributed by atoms with Crippen molar-refractivity contribution in [2.45, 2.75) is 26.2 Å². The highest BCUT2D eigenvalue weighted by Crippen LogP contribution is 2.28. The molecule has 0 fully saturated rings. The molecule has 0 atom stereocenters. The first-order chi connectivity index (χ1) is 8.30. The largest absolute Gasteiger partial charge is 0.269 e. The van der Waals surface area contributed by atoms with E-state index in [4.69, 9.17) is 23.2 Å². The summed E-state index contributed by atoms with van der Waals surface area (Å²) < 4.78 is 15.1. The van der Waals surface area contributed by atoms with Gasteiger partial charge in [-0.15, -0.1) is 10.2 Å². The van der Waals surface area contributed by atoms with Gasteiger partial charge in [-0.05, 0) is 29.8 Å². The maximum absolute atomic E-state index is 13.5. The Morgan fingerprint density at radius 1 is 1.17 bits per heavy atom. The fraction of sp³-hybridized carbons (Fsp3) is 0.333. The molecule has 18 heavy (non-hydrogen) atoms. The van der Waals surface area contributed by atoms with E-state index in [1.807, 2.05) is 20.8 Å². The Bertz CT molecular complexity index is 587. The van der Waals surface area contributed by atoms with Gasteiger partial charge in [-0.25, -0.2) is 4.39 Å². The van der Waals surface area contributed by atoms with Gasteiger partial charge in [0, 0.05) is 5.41 Å². The Labute approximate surface area is 115 Å². The quantitative estimate of drug-likeness (QED) is 0.793. The summed E-state index contributed by atoms with van der Waals surface area (Å²) in [6.07, 6.45) is 0. The predicted octanol–water partition coefficient (Wildman–Crippen LogP) is 4.01. The van der Waals surface area contributed by atoms with E-state index in [9.17, 15) is 4.39 Å². The van der Waals surface area contributed by atoms with Crippen LogP contribution in [-0.2, 0) is 5.41 Å². The zero-order valence-electron chi connectivity index (χ0n) is 10.2. The minimum Gasteiger partial charge on any atom is -0.269 e. The SMILES string of the molecule is CC(C)(C)c1nnc(Cl)n1-c1ccc(Cl)c(F)c1. The van der Waals surface area contributed by atoms with Crippen LogP contribution in [0.3, 0.4) is 0 Å². The van der Waals surface area contributed by atoms with Crippen LogP contribution in [0.15, 0.2) is 18.2 Å². The van der Waals surface area contributed by atoms with Gasteiger partial charge in [0.25, 0.3) is 0 Å². The first-order valence-corrected chi connectivity index (χ1v) is 6.13. The molecule has 0 saturated carbocycles. The number of halogens is 3. The average Bonchev–Trinajstić information content (AvgIpc) is 2.64. The minimum absolute atomic E-state index is 0.0697. The molecule has 1 aromatic carbocycles. The van der Waals surface area contributed by atoms with Crippen molar-refractivity contribution in [2.75, 3.05) is 0 Å². The lowest BCUT2D eigenvalue weighted by Gasteiger charge is -2.19. The zero-order valence-corrected chi connectivity index (χ0v) is 11.7. The predicted molar refractivity (Wildman–Crippen MR) is 70.0 cm³/mol. The first-order valence-electron chi connectivity index (χ1n) is 5.37. The molecule has 0 N–H and O–H groups in total. The summed E-state index contributed by atoms with van der Waals surface area (Å²) in [5, 5.41) is 8.14. The number of hydrogen-bond acceptors (Lipinski definition) is 2. The van der Waals surface area contributed by atoms with E-state index < -0.39 is 5.82 Å². The maximum Gasteiger partial charge on any atom is 0.229 e. The summed E-state index contributed by atoms with van der Waals surface area (Å²) >= 11 is 11.7. The van der Waals surface area contributed by atoms with E-state index in [1.165, 1.54) is 12.1 Å². The van der Waals surface area contributed by atoms with Gasteiger partial charge >= 0.3 is 0 Å². The molecule has 2 aromatic rings. The van der Waals surface area contributed by atoms with Crippen LogP contribution >= 0.6 is 23.2 Å². The highest BCUT2D eigenvalue weighted by molar-refractivity contribution is 6.30. The highest BCUT2D eigenvalue weighted by Gasteiger charge is 2.24. The van der Waals surface area contributed by atoms with E-state index in [2.05, 4.69) is 10.2 Å². The van der Waals surface area contributed by atoms with Crippen LogP contribution in [0.2, 0.25) is 10.3 Å². The molecular weight excluding hydrogens is 276 g/mol. The van der Waals surface area contributed by atoms with Gasteiger partial charge in [0.05, 0.1) is 10.7 Å². The van der Waals surface area contributed by atoms with Gasteiger partial charge in [-0.3, -0.25) is 4.57 Å². The lowest BCUT2D eigenvalue weighted by molar-refractivity contribution is 0.532. The second-order valence-corrected chi connectivity index (χ2v) is 5.72.